The molecule has 0 radical (unpaired) electrons. The molecular formula is C39H55N3O4. The molecule has 1 aliphatic heterocycles. The highest BCUT2D eigenvalue weighted by Crippen LogP contribution is 2.76. The lowest BCUT2D eigenvalue weighted by atomic mass is 9.33. The van der Waals surface area contributed by atoms with Crippen LogP contribution in [0.4, 0.5) is 4.79 Å². The van der Waals surface area contributed by atoms with E-state index >= 15 is 0 Å². The van der Waals surface area contributed by atoms with Crippen molar-refractivity contribution in [3.8, 4) is 0 Å². The van der Waals surface area contributed by atoms with Gasteiger partial charge in [0.1, 0.15) is 0 Å². The minimum absolute atomic E-state index is 0.00173. The highest BCUT2D eigenvalue weighted by molar-refractivity contribution is 5.88. The van der Waals surface area contributed by atoms with Gasteiger partial charge in [-0.3, -0.25) is 4.79 Å². The van der Waals surface area contributed by atoms with Gasteiger partial charge >= 0.3 is 12.0 Å². The topological polar surface area (TPSA) is 98.7 Å². The molecule has 1 heterocycles. The summed E-state index contributed by atoms with van der Waals surface area (Å²) in [7, 11) is 0. The van der Waals surface area contributed by atoms with Gasteiger partial charge in [-0.15, -0.1) is 0 Å². The number of nitrogens with zero attached hydrogens (tertiary/aromatic N) is 1. The number of carbonyl (C=O) groups excluding carboxylic acids is 2. The summed E-state index contributed by atoms with van der Waals surface area (Å²) in [4.78, 5) is 39.0. The van der Waals surface area contributed by atoms with Gasteiger partial charge in [0.15, 0.2) is 0 Å². The Bertz CT molecular complexity index is 1450. The summed E-state index contributed by atoms with van der Waals surface area (Å²) in [5.41, 5.74) is 3.48. The fourth-order valence-corrected chi connectivity index (χ4v) is 12.9. The Kier molecular flexibility index (Phi) is 7.49. The monoisotopic (exact) mass is 629 g/mol. The second kappa shape index (κ2) is 10.8. The number of allylic oxidation sites excluding steroid dienone is 2. The van der Waals surface area contributed by atoms with Crippen molar-refractivity contribution in [2.75, 3.05) is 19.6 Å². The maximum absolute atomic E-state index is 13.7. The van der Waals surface area contributed by atoms with Crippen LogP contribution in [0.2, 0.25) is 0 Å². The Morgan fingerprint density at radius 1 is 0.870 bits per heavy atom. The number of hydrogen-bond acceptors (Lipinski definition) is 3. The van der Waals surface area contributed by atoms with Crippen LogP contribution in [0.5, 0.6) is 0 Å². The molecule has 3 N–H and O–H groups in total. The van der Waals surface area contributed by atoms with Gasteiger partial charge < -0.3 is 20.6 Å². The minimum atomic E-state index is -0.876. The molecule has 3 amide bonds. The number of rotatable bonds is 3. The third-order valence-electron chi connectivity index (χ3n) is 15.3. The van der Waals surface area contributed by atoms with E-state index in [-0.39, 0.29) is 39.1 Å². The molecule has 0 bridgehead atoms. The number of carboxylic acids is 1. The predicted molar refractivity (Wildman–Crippen MR) is 180 cm³/mol. The summed E-state index contributed by atoms with van der Waals surface area (Å²) in [6, 6.07) is 7.56. The number of carbonyl (C=O) groups is 3. The number of carboxylic acid groups (broad SMARTS) is 1. The van der Waals surface area contributed by atoms with Crippen LogP contribution in [0.15, 0.2) is 30.3 Å². The zero-order chi connectivity index (χ0) is 32.7. The lowest BCUT2D eigenvalue weighted by molar-refractivity contribution is -0.216. The number of nitrogens with one attached hydrogen (secondary N) is 2. The Balaban J connectivity index is 1.14. The molecule has 5 aliphatic carbocycles. The van der Waals surface area contributed by atoms with Gasteiger partial charge in [-0.05, 0) is 126 Å². The first-order chi connectivity index (χ1) is 21.8. The van der Waals surface area contributed by atoms with Crippen molar-refractivity contribution in [3.05, 3.63) is 41.5 Å². The van der Waals surface area contributed by atoms with Gasteiger partial charge in [-0.2, -0.15) is 0 Å². The summed E-state index contributed by atoms with van der Waals surface area (Å²) in [6.07, 6.45) is 14.7. The van der Waals surface area contributed by atoms with Crippen LogP contribution < -0.4 is 10.6 Å². The lowest BCUT2D eigenvalue weighted by Gasteiger charge is -2.72. The highest BCUT2D eigenvalue weighted by atomic mass is 16.4. The maximum atomic E-state index is 13.7. The lowest BCUT2D eigenvalue weighted by Crippen LogP contribution is -2.68. The molecule has 1 aromatic rings. The van der Waals surface area contributed by atoms with E-state index in [2.05, 4.69) is 51.3 Å². The third-order valence-corrected chi connectivity index (χ3v) is 15.3. The normalized spacial score (nSPS) is 41.5. The SMILES string of the molecule is CC1(C)C(c2ccc(C(=O)O)cc2)=CCC2(C)C1CCC1(C)C2CCC2C3CCCC3(NC(=O)N3CCNC(=O)CC3)CC[C@]21C. The van der Waals surface area contributed by atoms with Gasteiger partial charge in [0.2, 0.25) is 5.91 Å². The summed E-state index contributed by atoms with van der Waals surface area (Å²) in [5.74, 6) is 1.52. The van der Waals surface area contributed by atoms with Crippen LogP contribution in [0.25, 0.3) is 5.57 Å². The van der Waals surface area contributed by atoms with E-state index in [0.29, 0.717) is 55.3 Å². The van der Waals surface area contributed by atoms with Crippen molar-refractivity contribution in [1.82, 2.24) is 15.5 Å². The summed E-state index contributed by atoms with van der Waals surface area (Å²) in [5, 5.41) is 16.0. The van der Waals surface area contributed by atoms with Crippen LogP contribution in [0, 0.1) is 45.3 Å². The van der Waals surface area contributed by atoms with Crippen molar-refractivity contribution in [3.63, 3.8) is 0 Å². The molecule has 7 rings (SSSR count). The Hall–Kier alpha value is -2.83. The minimum Gasteiger partial charge on any atom is -0.478 e. The van der Waals surface area contributed by atoms with E-state index in [1.54, 1.807) is 12.1 Å². The molecule has 4 saturated carbocycles. The molecular weight excluding hydrogens is 574 g/mol. The Morgan fingerprint density at radius 3 is 2.37 bits per heavy atom. The zero-order valence-electron chi connectivity index (χ0n) is 28.7. The average Bonchev–Trinajstić information content (AvgIpc) is 3.29. The molecule has 46 heavy (non-hydrogen) atoms. The maximum Gasteiger partial charge on any atom is 0.335 e. The summed E-state index contributed by atoms with van der Waals surface area (Å²) in [6.45, 7) is 14.4. The van der Waals surface area contributed by atoms with E-state index in [9.17, 15) is 19.5 Å². The number of fused-ring (bicyclic) bond motifs is 7. The van der Waals surface area contributed by atoms with Crippen molar-refractivity contribution in [2.24, 2.45) is 45.3 Å². The molecule has 8 atom stereocenters. The highest BCUT2D eigenvalue weighted by Gasteiger charge is 2.69. The van der Waals surface area contributed by atoms with Crippen LogP contribution in [-0.4, -0.2) is 53.1 Å². The number of amides is 3. The standard InChI is InChI=1S/C39H55N3O4/c1-35(2)27(25-8-10-26(11-9-25)33(44)45)14-18-36(3)30(35)15-19-38(5)31(36)13-12-28-29-7-6-17-39(29,21-20-37(28,38)4)41-34(46)42-23-16-32(43)40-22-24-42/h8-11,14,28-31H,6-7,12-13,15-24H2,1-5H3,(H,40,43)(H,41,46)(H,44,45)/t28?,29?,30?,31?,36?,37-,38?,39?/m1/s1. The second-order valence-corrected chi connectivity index (χ2v) is 17.3. The molecule has 0 spiro atoms. The van der Waals surface area contributed by atoms with E-state index in [4.69, 9.17) is 0 Å². The first-order valence-electron chi connectivity index (χ1n) is 18.1. The van der Waals surface area contributed by atoms with Crippen LogP contribution in [-0.2, 0) is 4.79 Å². The van der Waals surface area contributed by atoms with E-state index in [0.717, 1.165) is 24.8 Å². The van der Waals surface area contributed by atoms with Crippen LogP contribution in [0.3, 0.4) is 0 Å². The van der Waals surface area contributed by atoms with Crippen molar-refractivity contribution in [1.29, 1.82) is 0 Å². The molecule has 7 nitrogen and oxygen atoms in total. The van der Waals surface area contributed by atoms with E-state index in [1.165, 1.54) is 50.5 Å². The molecule has 7 unspecified atom stereocenters. The van der Waals surface area contributed by atoms with Crippen LogP contribution in [0.1, 0.15) is 121 Å². The quantitative estimate of drug-likeness (QED) is 0.322. The number of urea groups is 1. The van der Waals surface area contributed by atoms with Gasteiger partial charge in [0.05, 0.1) is 5.56 Å². The molecule has 6 aliphatic rings. The fraction of sp³-hybridized carbons (Fsp3) is 0.718. The molecule has 7 heteroatoms. The van der Waals surface area contributed by atoms with Crippen molar-refractivity contribution < 1.29 is 19.5 Å². The Morgan fingerprint density at radius 2 is 1.63 bits per heavy atom. The predicted octanol–water partition coefficient (Wildman–Crippen LogP) is 7.52. The zero-order valence-corrected chi connectivity index (χ0v) is 28.7. The molecule has 0 aromatic heterocycles. The van der Waals surface area contributed by atoms with Gasteiger partial charge in [-0.1, -0.05) is 59.2 Å². The summed E-state index contributed by atoms with van der Waals surface area (Å²) >= 11 is 0. The largest absolute Gasteiger partial charge is 0.478 e. The fourth-order valence-electron chi connectivity index (χ4n) is 12.9. The number of hydrogen-bond donors (Lipinski definition) is 3. The molecule has 1 aromatic carbocycles. The van der Waals surface area contributed by atoms with Crippen LogP contribution >= 0.6 is 0 Å². The molecule has 250 valence electrons. The van der Waals surface area contributed by atoms with Gasteiger partial charge in [-0.25, -0.2) is 9.59 Å². The number of aromatic carboxylic acids is 1. The second-order valence-electron chi connectivity index (χ2n) is 17.3. The van der Waals surface area contributed by atoms with Crippen molar-refractivity contribution >= 4 is 23.5 Å². The summed E-state index contributed by atoms with van der Waals surface area (Å²) < 4.78 is 0. The third kappa shape index (κ3) is 4.52. The smallest absolute Gasteiger partial charge is 0.335 e. The van der Waals surface area contributed by atoms with Gasteiger partial charge in [0.25, 0.3) is 0 Å². The van der Waals surface area contributed by atoms with E-state index < -0.39 is 5.97 Å². The van der Waals surface area contributed by atoms with Crippen molar-refractivity contribution in [2.45, 2.75) is 111 Å². The van der Waals surface area contributed by atoms with E-state index in [1.807, 2.05) is 17.0 Å². The van der Waals surface area contributed by atoms with Gasteiger partial charge in [0, 0.05) is 31.6 Å². The number of benzene rings is 1. The Labute approximate surface area is 275 Å². The molecule has 1 saturated heterocycles. The average molecular weight is 630 g/mol. The molecule has 5 fully saturated rings. The first-order valence-corrected chi connectivity index (χ1v) is 18.1. The first kappa shape index (κ1) is 31.8.